The Hall–Kier alpha value is -1.60. The molecule has 0 aliphatic carbocycles. The second-order valence-electron chi connectivity index (χ2n) is 3.63. The Morgan fingerprint density at radius 2 is 2.26 bits per heavy atom. The molecule has 1 aromatic carbocycles. The number of nitrogens with one attached hydrogen (secondary N) is 1. The number of carbonyl (C=O) groups excluding carboxylic acids is 1. The van der Waals surface area contributed by atoms with Crippen LogP contribution in [-0.4, -0.2) is 23.7 Å². The number of thiazole rings is 1. The molecular formula is C12H12FN3OS2. The lowest BCUT2D eigenvalue weighted by Gasteiger charge is -1.99. The fourth-order valence-corrected chi connectivity index (χ4v) is 3.23. The van der Waals surface area contributed by atoms with Crippen LogP contribution >= 0.6 is 23.1 Å². The van der Waals surface area contributed by atoms with Crippen molar-refractivity contribution in [1.82, 2.24) is 10.3 Å². The molecule has 1 aromatic heterocycles. The number of hydrogen-bond acceptors (Lipinski definition) is 5. The molecule has 1 amide bonds. The van der Waals surface area contributed by atoms with E-state index in [-0.39, 0.29) is 17.5 Å². The van der Waals surface area contributed by atoms with Crippen LogP contribution in [0.3, 0.4) is 0 Å². The zero-order valence-electron chi connectivity index (χ0n) is 10.1. The largest absolute Gasteiger partial charge is 0.389 e. The van der Waals surface area contributed by atoms with E-state index in [1.165, 1.54) is 29.2 Å². The van der Waals surface area contributed by atoms with Crippen molar-refractivity contribution in [2.75, 3.05) is 18.5 Å². The van der Waals surface area contributed by atoms with Crippen LogP contribution in [0.15, 0.2) is 28.6 Å². The number of benzene rings is 1. The molecule has 4 nitrogen and oxygen atoms in total. The Balaban J connectivity index is 2.22. The molecule has 0 fully saturated rings. The lowest BCUT2D eigenvalue weighted by molar-refractivity contribution is -0.118. The van der Waals surface area contributed by atoms with Gasteiger partial charge in [-0.05, 0) is 12.1 Å². The van der Waals surface area contributed by atoms with Gasteiger partial charge in [-0.15, -0.1) is 0 Å². The summed E-state index contributed by atoms with van der Waals surface area (Å²) < 4.78 is 14.3. The molecule has 0 aliphatic rings. The Morgan fingerprint density at radius 1 is 1.53 bits per heavy atom. The van der Waals surface area contributed by atoms with E-state index >= 15 is 0 Å². The zero-order valence-corrected chi connectivity index (χ0v) is 11.8. The summed E-state index contributed by atoms with van der Waals surface area (Å²) in [5.41, 5.74) is 6.67. The molecule has 2 rings (SSSR count). The normalized spacial score (nSPS) is 10.4. The number of nitrogens with zero attached hydrogens (tertiary/aromatic N) is 1. The molecule has 0 saturated carbocycles. The molecular weight excluding hydrogens is 285 g/mol. The summed E-state index contributed by atoms with van der Waals surface area (Å²) in [5, 5.41) is 2.97. The first-order chi connectivity index (χ1) is 9.11. The minimum atomic E-state index is -0.359. The molecule has 19 heavy (non-hydrogen) atoms. The van der Waals surface area contributed by atoms with Gasteiger partial charge in [-0.1, -0.05) is 35.2 Å². The SMILES string of the molecule is CNC(=O)CSc1nc(-c2ccccc2F)c(N)s1. The summed E-state index contributed by atoms with van der Waals surface area (Å²) in [6.45, 7) is 0. The van der Waals surface area contributed by atoms with E-state index < -0.39 is 0 Å². The minimum absolute atomic E-state index is 0.0915. The number of nitrogens with two attached hydrogens (primary N) is 1. The van der Waals surface area contributed by atoms with Gasteiger partial charge in [-0.25, -0.2) is 9.37 Å². The van der Waals surface area contributed by atoms with Gasteiger partial charge in [0.05, 0.1) is 5.75 Å². The van der Waals surface area contributed by atoms with Crippen LogP contribution in [-0.2, 0) is 4.79 Å². The van der Waals surface area contributed by atoms with Crippen molar-refractivity contribution in [3.63, 3.8) is 0 Å². The van der Waals surface area contributed by atoms with Crippen molar-refractivity contribution >= 4 is 34.0 Å². The van der Waals surface area contributed by atoms with Gasteiger partial charge in [0, 0.05) is 12.6 Å². The maximum Gasteiger partial charge on any atom is 0.230 e. The summed E-state index contributed by atoms with van der Waals surface area (Å²) in [6.07, 6.45) is 0. The summed E-state index contributed by atoms with van der Waals surface area (Å²) in [5.74, 6) is -0.186. The molecule has 3 N–H and O–H groups in total. The molecule has 2 aromatic rings. The van der Waals surface area contributed by atoms with Crippen LogP contribution in [0.5, 0.6) is 0 Å². The third-order valence-corrected chi connectivity index (χ3v) is 4.40. The number of hydrogen-bond donors (Lipinski definition) is 2. The lowest BCUT2D eigenvalue weighted by Crippen LogP contribution is -2.19. The monoisotopic (exact) mass is 297 g/mol. The van der Waals surface area contributed by atoms with Gasteiger partial charge >= 0.3 is 0 Å². The average Bonchev–Trinajstić information content (AvgIpc) is 2.77. The Kier molecular flexibility index (Phi) is 4.39. The van der Waals surface area contributed by atoms with Crippen LogP contribution in [0.1, 0.15) is 0 Å². The second kappa shape index (κ2) is 6.03. The summed E-state index contributed by atoms with van der Waals surface area (Å²) in [7, 11) is 1.57. The maximum absolute atomic E-state index is 13.7. The number of amides is 1. The highest BCUT2D eigenvalue weighted by molar-refractivity contribution is 8.01. The fraction of sp³-hybridized carbons (Fsp3) is 0.167. The standard InChI is InChI=1S/C12H12FN3OS2/c1-15-9(17)6-18-12-16-10(11(14)19-12)7-4-2-3-5-8(7)13/h2-5H,6,14H2,1H3,(H,15,17). The summed E-state index contributed by atoms with van der Waals surface area (Å²) in [6, 6.07) is 6.34. The quantitative estimate of drug-likeness (QED) is 0.850. The number of carbonyl (C=O) groups is 1. The molecule has 0 bridgehead atoms. The van der Waals surface area contributed by atoms with Crippen molar-refractivity contribution in [3.05, 3.63) is 30.1 Å². The van der Waals surface area contributed by atoms with Crippen LogP contribution in [0.2, 0.25) is 0 Å². The third kappa shape index (κ3) is 3.24. The van der Waals surface area contributed by atoms with E-state index in [1.807, 2.05) is 0 Å². The van der Waals surface area contributed by atoms with Crippen molar-refractivity contribution in [2.45, 2.75) is 4.34 Å². The first-order valence-corrected chi connectivity index (χ1v) is 7.26. The van der Waals surface area contributed by atoms with E-state index in [0.717, 1.165) is 0 Å². The average molecular weight is 297 g/mol. The molecule has 0 radical (unpaired) electrons. The number of halogens is 1. The van der Waals surface area contributed by atoms with E-state index in [0.29, 0.717) is 20.6 Å². The first kappa shape index (κ1) is 13.8. The van der Waals surface area contributed by atoms with Gasteiger partial charge in [0.25, 0.3) is 0 Å². The van der Waals surface area contributed by atoms with Crippen molar-refractivity contribution in [2.24, 2.45) is 0 Å². The summed E-state index contributed by atoms with van der Waals surface area (Å²) in [4.78, 5) is 15.4. The van der Waals surface area contributed by atoms with Gasteiger partial charge in [-0.3, -0.25) is 4.79 Å². The minimum Gasteiger partial charge on any atom is -0.389 e. The van der Waals surface area contributed by atoms with Crippen LogP contribution in [0.25, 0.3) is 11.3 Å². The van der Waals surface area contributed by atoms with Gasteiger partial charge in [-0.2, -0.15) is 0 Å². The van der Waals surface area contributed by atoms with Crippen molar-refractivity contribution in [1.29, 1.82) is 0 Å². The Labute approximate surface area is 118 Å². The van der Waals surface area contributed by atoms with Crippen molar-refractivity contribution < 1.29 is 9.18 Å². The number of anilines is 1. The van der Waals surface area contributed by atoms with Gasteiger partial charge in [0.2, 0.25) is 5.91 Å². The number of nitrogen functional groups attached to an aromatic ring is 1. The maximum atomic E-state index is 13.7. The van der Waals surface area contributed by atoms with Gasteiger partial charge < -0.3 is 11.1 Å². The van der Waals surface area contributed by atoms with Gasteiger partial charge in [0.1, 0.15) is 16.5 Å². The van der Waals surface area contributed by atoms with E-state index in [4.69, 9.17) is 5.73 Å². The molecule has 0 saturated heterocycles. The zero-order chi connectivity index (χ0) is 13.8. The van der Waals surface area contributed by atoms with E-state index in [2.05, 4.69) is 10.3 Å². The predicted molar refractivity (Wildman–Crippen MR) is 76.7 cm³/mol. The highest BCUT2D eigenvalue weighted by Gasteiger charge is 2.14. The number of rotatable bonds is 4. The summed E-state index contributed by atoms with van der Waals surface area (Å²) >= 11 is 2.53. The highest BCUT2D eigenvalue weighted by atomic mass is 32.2. The molecule has 0 aliphatic heterocycles. The molecule has 0 atom stereocenters. The first-order valence-electron chi connectivity index (χ1n) is 5.46. The van der Waals surface area contributed by atoms with E-state index in [9.17, 15) is 9.18 Å². The van der Waals surface area contributed by atoms with Crippen LogP contribution in [0.4, 0.5) is 9.39 Å². The second-order valence-corrected chi connectivity index (χ2v) is 5.89. The number of aromatic nitrogens is 1. The predicted octanol–water partition coefficient (Wildman–Crippen LogP) is 2.37. The Bertz CT molecular complexity index is 600. The van der Waals surface area contributed by atoms with Crippen LogP contribution < -0.4 is 11.1 Å². The Morgan fingerprint density at radius 3 is 2.95 bits per heavy atom. The van der Waals surface area contributed by atoms with Crippen molar-refractivity contribution in [3.8, 4) is 11.3 Å². The number of thioether (sulfide) groups is 1. The third-order valence-electron chi connectivity index (χ3n) is 2.37. The highest BCUT2D eigenvalue weighted by Crippen LogP contribution is 2.36. The lowest BCUT2D eigenvalue weighted by atomic mass is 10.1. The molecule has 100 valence electrons. The molecule has 0 spiro atoms. The van der Waals surface area contributed by atoms with Gasteiger partial charge in [0.15, 0.2) is 4.34 Å². The molecule has 0 unspecified atom stereocenters. The molecule has 1 heterocycles. The van der Waals surface area contributed by atoms with Crippen LogP contribution in [0, 0.1) is 5.82 Å². The van der Waals surface area contributed by atoms with E-state index in [1.54, 1.807) is 25.2 Å². The fourth-order valence-electron chi connectivity index (χ4n) is 1.42. The molecule has 7 heteroatoms. The smallest absolute Gasteiger partial charge is 0.230 e. The topological polar surface area (TPSA) is 68.0 Å².